The van der Waals surface area contributed by atoms with Gasteiger partial charge in [-0.2, -0.15) is 13.2 Å². The first kappa shape index (κ1) is 11.8. The normalized spacial score (nSPS) is 11.5. The van der Waals surface area contributed by atoms with Crippen molar-refractivity contribution >= 4 is 12.2 Å². The van der Waals surface area contributed by atoms with Gasteiger partial charge >= 0.3 is 6.18 Å². The van der Waals surface area contributed by atoms with Crippen LogP contribution < -0.4 is 0 Å². The predicted octanol–water partition coefficient (Wildman–Crippen LogP) is 3.82. The lowest BCUT2D eigenvalue weighted by Crippen LogP contribution is -2.07. The number of aromatic amines is 1. The smallest absolute Gasteiger partial charge is 0.346 e. The Kier molecular flexibility index (Phi) is 2.97. The Balaban J connectivity index is 2.64. The molecule has 1 N–H and O–H groups in total. The fourth-order valence-corrected chi connectivity index (χ4v) is 1.66. The maximum Gasteiger partial charge on any atom is 0.417 e. The summed E-state index contributed by atoms with van der Waals surface area (Å²) in [6.07, 6.45) is -3.11. The van der Waals surface area contributed by atoms with E-state index in [1.165, 1.54) is 24.5 Å². The number of nitrogens with zero attached hydrogens (tertiary/aromatic N) is 1. The van der Waals surface area contributed by atoms with Gasteiger partial charge in [-0.1, -0.05) is 30.4 Å². The van der Waals surface area contributed by atoms with Crippen molar-refractivity contribution in [1.29, 1.82) is 0 Å². The van der Waals surface area contributed by atoms with E-state index in [-0.39, 0.29) is 10.2 Å². The van der Waals surface area contributed by atoms with E-state index in [9.17, 15) is 13.2 Å². The summed E-state index contributed by atoms with van der Waals surface area (Å²) in [7, 11) is 0. The lowest BCUT2D eigenvalue weighted by Gasteiger charge is -2.12. The molecule has 1 heterocycles. The van der Waals surface area contributed by atoms with Crippen LogP contribution in [0.1, 0.15) is 5.56 Å². The van der Waals surface area contributed by atoms with Crippen LogP contribution in [0.5, 0.6) is 0 Å². The molecule has 2 nitrogen and oxygen atoms in total. The molecule has 17 heavy (non-hydrogen) atoms. The molecule has 0 amide bonds. The number of benzene rings is 1. The third-order valence-corrected chi connectivity index (χ3v) is 2.43. The Bertz CT molecular complexity index is 590. The summed E-state index contributed by atoms with van der Waals surface area (Å²) in [5.41, 5.74) is -0.330. The zero-order valence-corrected chi connectivity index (χ0v) is 9.27. The van der Waals surface area contributed by atoms with E-state index in [1.807, 2.05) is 0 Å². The molecule has 2 aromatic rings. The topological polar surface area (TPSA) is 28.7 Å². The Morgan fingerprint density at radius 2 is 1.88 bits per heavy atom. The first-order valence-corrected chi connectivity index (χ1v) is 5.10. The molecule has 0 saturated heterocycles. The third kappa shape index (κ3) is 2.52. The van der Waals surface area contributed by atoms with Gasteiger partial charge in [-0.05, 0) is 12.1 Å². The largest absolute Gasteiger partial charge is 0.417 e. The molecule has 2 rings (SSSR count). The van der Waals surface area contributed by atoms with Gasteiger partial charge in [0.25, 0.3) is 0 Å². The minimum Gasteiger partial charge on any atom is -0.346 e. The van der Waals surface area contributed by atoms with Crippen LogP contribution in [0.4, 0.5) is 13.2 Å². The van der Waals surface area contributed by atoms with Crippen molar-refractivity contribution in [2.45, 2.75) is 6.18 Å². The second-order valence-electron chi connectivity index (χ2n) is 3.34. The van der Waals surface area contributed by atoms with Gasteiger partial charge in [0.1, 0.15) is 4.64 Å². The zero-order chi connectivity index (χ0) is 12.5. The molecule has 0 saturated carbocycles. The molecular weight excluding hydrogens is 249 g/mol. The number of rotatable bonds is 1. The summed E-state index contributed by atoms with van der Waals surface area (Å²) >= 11 is 4.82. The van der Waals surface area contributed by atoms with Crippen LogP contribution in [0, 0.1) is 4.64 Å². The highest BCUT2D eigenvalue weighted by Crippen LogP contribution is 2.35. The van der Waals surface area contributed by atoms with Gasteiger partial charge in [0.15, 0.2) is 0 Å². The lowest BCUT2D eigenvalue weighted by molar-refractivity contribution is -0.137. The number of halogens is 3. The first-order chi connectivity index (χ1) is 7.98. The average molecular weight is 256 g/mol. The van der Waals surface area contributed by atoms with E-state index >= 15 is 0 Å². The number of H-pyrrole nitrogens is 1. The van der Waals surface area contributed by atoms with Crippen LogP contribution in [0.2, 0.25) is 0 Å². The van der Waals surface area contributed by atoms with Crippen LogP contribution in [-0.2, 0) is 6.18 Å². The molecule has 0 unspecified atom stereocenters. The summed E-state index contributed by atoms with van der Waals surface area (Å²) < 4.78 is 38.6. The van der Waals surface area contributed by atoms with E-state index in [0.717, 1.165) is 6.07 Å². The highest BCUT2D eigenvalue weighted by molar-refractivity contribution is 7.71. The molecule has 0 fully saturated rings. The highest BCUT2D eigenvalue weighted by Gasteiger charge is 2.33. The van der Waals surface area contributed by atoms with Crippen LogP contribution in [0.3, 0.4) is 0 Å². The van der Waals surface area contributed by atoms with Crippen molar-refractivity contribution in [2.24, 2.45) is 0 Å². The first-order valence-electron chi connectivity index (χ1n) is 4.70. The molecule has 0 aliphatic heterocycles. The summed E-state index contributed by atoms with van der Waals surface area (Å²) in [6, 6.07) is 6.72. The zero-order valence-electron chi connectivity index (χ0n) is 8.45. The summed E-state index contributed by atoms with van der Waals surface area (Å²) in [5.74, 6) is 0. The highest BCUT2D eigenvalue weighted by atomic mass is 32.1. The van der Waals surface area contributed by atoms with E-state index in [0.29, 0.717) is 5.69 Å². The van der Waals surface area contributed by atoms with E-state index in [4.69, 9.17) is 12.2 Å². The molecule has 0 radical (unpaired) electrons. The Morgan fingerprint density at radius 3 is 2.53 bits per heavy atom. The summed E-state index contributed by atoms with van der Waals surface area (Å²) in [4.78, 5) is 6.40. The molecule has 0 atom stereocenters. The Morgan fingerprint density at radius 1 is 1.18 bits per heavy atom. The second-order valence-corrected chi connectivity index (χ2v) is 3.76. The molecule has 88 valence electrons. The number of hydrogen-bond acceptors (Lipinski definition) is 2. The van der Waals surface area contributed by atoms with Crippen molar-refractivity contribution in [3.05, 3.63) is 46.9 Å². The SMILES string of the molecule is FC(F)(F)c1ccccc1-c1cc(=S)nc[nH]1. The summed E-state index contributed by atoms with van der Waals surface area (Å²) in [6.45, 7) is 0. The minimum absolute atomic E-state index is 0.0634. The van der Waals surface area contributed by atoms with Gasteiger partial charge in [0, 0.05) is 5.56 Å². The molecule has 1 aromatic carbocycles. The van der Waals surface area contributed by atoms with E-state index in [2.05, 4.69) is 9.97 Å². The van der Waals surface area contributed by atoms with E-state index in [1.54, 1.807) is 6.07 Å². The fourth-order valence-electron chi connectivity index (χ4n) is 1.49. The van der Waals surface area contributed by atoms with Gasteiger partial charge in [-0.15, -0.1) is 0 Å². The van der Waals surface area contributed by atoms with Crippen molar-refractivity contribution < 1.29 is 13.2 Å². The van der Waals surface area contributed by atoms with Crippen LogP contribution in [0.25, 0.3) is 11.3 Å². The maximum atomic E-state index is 12.8. The van der Waals surface area contributed by atoms with Gasteiger partial charge in [-0.25, -0.2) is 4.98 Å². The molecular formula is C11H7F3N2S. The van der Waals surface area contributed by atoms with E-state index < -0.39 is 11.7 Å². The van der Waals surface area contributed by atoms with Gasteiger partial charge in [0.05, 0.1) is 17.6 Å². The molecule has 1 aromatic heterocycles. The second kappa shape index (κ2) is 4.29. The third-order valence-electron chi connectivity index (χ3n) is 2.20. The Labute approximate surface area is 100 Å². The molecule has 0 aliphatic rings. The number of nitrogens with one attached hydrogen (secondary N) is 1. The van der Waals surface area contributed by atoms with Crippen molar-refractivity contribution in [2.75, 3.05) is 0 Å². The molecule has 6 heteroatoms. The number of hydrogen-bond donors (Lipinski definition) is 1. The predicted molar refractivity (Wildman–Crippen MR) is 59.9 cm³/mol. The summed E-state index contributed by atoms with van der Waals surface area (Å²) in [5, 5.41) is 0. The molecule has 0 spiro atoms. The van der Waals surface area contributed by atoms with Crippen LogP contribution in [0.15, 0.2) is 36.7 Å². The maximum absolute atomic E-state index is 12.8. The molecule has 0 aliphatic carbocycles. The number of alkyl halides is 3. The van der Waals surface area contributed by atoms with Gasteiger partial charge in [0.2, 0.25) is 0 Å². The standard InChI is InChI=1S/C11H7F3N2S/c12-11(13,14)8-4-2-1-3-7(8)9-5-10(17)16-6-15-9/h1-6H,(H,15,16,17). The lowest BCUT2D eigenvalue weighted by atomic mass is 10.0. The van der Waals surface area contributed by atoms with Gasteiger partial charge in [-0.3, -0.25) is 0 Å². The van der Waals surface area contributed by atoms with Gasteiger partial charge < -0.3 is 4.98 Å². The van der Waals surface area contributed by atoms with Crippen molar-refractivity contribution in [3.63, 3.8) is 0 Å². The monoisotopic (exact) mass is 256 g/mol. The molecule has 0 bridgehead atoms. The fraction of sp³-hybridized carbons (Fsp3) is 0.0909. The minimum atomic E-state index is -4.39. The van der Waals surface area contributed by atoms with Crippen molar-refractivity contribution in [1.82, 2.24) is 9.97 Å². The average Bonchev–Trinajstić information content (AvgIpc) is 2.28. The number of aromatic nitrogens is 2. The Hall–Kier alpha value is -1.69. The van der Waals surface area contributed by atoms with Crippen LogP contribution in [-0.4, -0.2) is 9.97 Å². The van der Waals surface area contributed by atoms with Crippen molar-refractivity contribution in [3.8, 4) is 11.3 Å². The quantitative estimate of drug-likeness (QED) is 0.786. The van der Waals surface area contributed by atoms with Crippen LogP contribution >= 0.6 is 12.2 Å².